The van der Waals surface area contributed by atoms with Crippen LogP contribution in [0.5, 0.6) is 0 Å². The smallest absolute Gasteiger partial charge is 0.293 e. The highest BCUT2D eigenvalue weighted by Gasteiger charge is 2.35. The van der Waals surface area contributed by atoms with Crippen molar-refractivity contribution in [3.63, 3.8) is 0 Å². The van der Waals surface area contributed by atoms with Crippen LogP contribution in [0.3, 0.4) is 0 Å². The number of carbonyl (C=O) groups excluding carboxylic acids is 3. The highest BCUT2D eigenvalue weighted by molar-refractivity contribution is 8.18. The van der Waals surface area contributed by atoms with Gasteiger partial charge in [-0.25, -0.2) is 0 Å². The van der Waals surface area contributed by atoms with Crippen molar-refractivity contribution >= 4 is 46.7 Å². The molecule has 0 bridgehead atoms. The molecule has 0 aliphatic carbocycles. The molecule has 8 heteroatoms. The van der Waals surface area contributed by atoms with Gasteiger partial charge in [-0.3, -0.25) is 19.3 Å². The van der Waals surface area contributed by atoms with Gasteiger partial charge in [0.15, 0.2) is 0 Å². The third-order valence-electron chi connectivity index (χ3n) is 3.93. The molecule has 1 aromatic rings. The molecule has 2 aliphatic rings. The number of nitrogens with one attached hydrogen (secondary N) is 1. The van der Waals surface area contributed by atoms with Gasteiger partial charge >= 0.3 is 0 Å². The van der Waals surface area contributed by atoms with Crippen LogP contribution in [0.2, 0.25) is 0 Å². The molecular formula is C17H18N2O4S2. The van der Waals surface area contributed by atoms with Gasteiger partial charge in [-0.05, 0) is 23.4 Å². The number of aliphatic hydroxyl groups excluding tert-OH is 1. The average Bonchev–Trinajstić information content (AvgIpc) is 3.11. The summed E-state index contributed by atoms with van der Waals surface area (Å²) in [4.78, 5) is 37.9. The molecule has 2 atom stereocenters. The Bertz CT molecular complexity index is 708. The molecule has 2 unspecified atom stereocenters. The predicted molar refractivity (Wildman–Crippen MR) is 99.0 cm³/mol. The third kappa shape index (κ3) is 4.45. The van der Waals surface area contributed by atoms with E-state index in [2.05, 4.69) is 5.32 Å². The zero-order valence-electron chi connectivity index (χ0n) is 13.4. The van der Waals surface area contributed by atoms with Gasteiger partial charge in [0.1, 0.15) is 0 Å². The number of carbonyl (C=O) groups is 3. The van der Waals surface area contributed by atoms with Gasteiger partial charge in [-0.1, -0.05) is 30.3 Å². The second-order valence-corrected chi connectivity index (χ2v) is 7.84. The topological polar surface area (TPSA) is 86.7 Å². The van der Waals surface area contributed by atoms with E-state index in [0.29, 0.717) is 16.4 Å². The number of hydrogen-bond donors (Lipinski definition) is 2. The summed E-state index contributed by atoms with van der Waals surface area (Å²) in [6, 6.07) is 9.04. The van der Waals surface area contributed by atoms with Crippen LogP contribution >= 0.6 is 23.5 Å². The van der Waals surface area contributed by atoms with Gasteiger partial charge in [0, 0.05) is 24.5 Å². The van der Waals surface area contributed by atoms with Crippen LogP contribution in [-0.4, -0.2) is 57.3 Å². The van der Waals surface area contributed by atoms with Crippen LogP contribution in [0.25, 0.3) is 6.08 Å². The Morgan fingerprint density at radius 3 is 2.72 bits per heavy atom. The monoisotopic (exact) mass is 378 g/mol. The summed E-state index contributed by atoms with van der Waals surface area (Å²) in [5, 5.41) is 12.1. The summed E-state index contributed by atoms with van der Waals surface area (Å²) in [7, 11) is 0. The summed E-state index contributed by atoms with van der Waals surface area (Å²) in [6.45, 7) is 0.0403. The molecular weight excluding hydrogens is 360 g/mol. The number of imide groups is 1. The molecule has 2 fully saturated rings. The van der Waals surface area contributed by atoms with Crippen LogP contribution in [0.4, 0.5) is 4.79 Å². The first-order chi connectivity index (χ1) is 12.0. The fraction of sp³-hybridized carbons (Fsp3) is 0.353. The van der Waals surface area contributed by atoms with Gasteiger partial charge in [0.2, 0.25) is 5.91 Å². The predicted octanol–water partition coefficient (Wildman–Crippen LogP) is 1.71. The van der Waals surface area contributed by atoms with E-state index in [0.717, 1.165) is 22.2 Å². The Morgan fingerprint density at radius 2 is 2.04 bits per heavy atom. The van der Waals surface area contributed by atoms with Crippen LogP contribution in [-0.2, 0) is 9.59 Å². The number of hydrogen-bond acceptors (Lipinski definition) is 6. The fourth-order valence-corrected chi connectivity index (χ4v) is 4.60. The lowest BCUT2D eigenvalue weighted by molar-refractivity contribution is -0.124. The number of rotatable bonds is 5. The first kappa shape index (κ1) is 18.0. The van der Waals surface area contributed by atoms with E-state index >= 15 is 0 Å². The normalized spacial score (nSPS) is 25.0. The second kappa shape index (κ2) is 8.07. The van der Waals surface area contributed by atoms with E-state index in [9.17, 15) is 19.5 Å². The van der Waals surface area contributed by atoms with Gasteiger partial charge < -0.3 is 10.4 Å². The summed E-state index contributed by atoms with van der Waals surface area (Å²) < 4.78 is 0. The Balaban J connectivity index is 1.56. The van der Waals surface area contributed by atoms with E-state index in [4.69, 9.17) is 0 Å². The van der Waals surface area contributed by atoms with Crippen molar-refractivity contribution < 1.29 is 19.5 Å². The zero-order valence-corrected chi connectivity index (χ0v) is 15.0. The fourth-order valence-electron chi connectivity index (χ4n) is 2.57. The molecule has 2 aliphatic heterocycles. The third-order valence-corrected chi connectivity index (χ3v) is 6.01. The lowest BCUT2D eigenvalue weighted by atomic mass is 10.2. The number of benzene rings is 1. The molecule has 0 spiro atoms. The molecule has 0 aromatic heterocycles. The summed E-state index contributed by atoms with van der Waals surface area (Å²) in [5.41, 5.74) is 0.846. The van der Waals surface area contributed by atoms with Crippen LogP contribution < -0.4 is 5.32 Å². The van der Waals surface area contributed by atoms with Crippen LogP contribution in [0.1, 0.15) is 12.0 Å². The maximum atomic E-state index is 12.4. The molecule has 3 amide bonds. The van der Waals surface area contributed by atoms with Gasteiger partial charge in [0.05, 0.1) is 17.1 Å². The molecule has 0 saturated carbocycles. The van der Waals surface area contributed by atoms with E-state index in [1.807, 2.05) is 30.3 Å². The minimum Gasteiger partial charge on any atom is -0.390 e. The standard InChI is InChI=1S/C17H18N2O4S2/c20-13-10-24-9-12(13)18-15(21)6-7-19-16(22)14(25-17(19)23)8-11-4-2-1-3-5-11/h1-5,8,12-13,20H,6-7,9-10H2,(H,18,21)/b14-8+. The molecule has 6 nitrogen and oxygen atoms in total. The lowest BCUT2D eigenvalue weighted by Crippen LogP contribution is -2.43. The number of amides is 3. The Hall–Kier alpha value is -1.77. The van der Waals surface area contributed by atoms with Crippen molar-refractivity contribution in [3.8, 4) is 0 Å². The molecule has 2 N–H and O–H groups in total. The summed E-state index contributed by atoms with van der Waals surface area (Å²) in [5.74, 6) is 0.646. The Morgan fingerprint density at radius 1 is 1.28 bits per heavy atom. The van der Waals surface area contributed by atoms with Crippen molar-refractivity contribution in [2.75, 3.05) is 18.1 Å². The Kier molecular flexibility index (Phi) is 5.82. The van der Waals surface area contributed by atoms with E-state index < -0.39 is 6.10 Å². The van der Waals surface area contributed by atoms with E-state index in [1.165, 1.54) is 0 Å². The van der Waals surface area contributed by atoms with Gasteiger partial charge in [0.25, 0.3) is 11.1 Å². The number of nitrogens with zero attached hydrogens (tertiary/aromatic N) is 1. The van der Waals surface area contributed by atoms with Crippen LogP contribution in [0.15, 0.2) is 35.2 Å². The van der Waals surface area contributed by atoms with Crippen molar-refractivity contribution in [2.45, 2.75) is 18.6 Å². The molecule has 132 valence electrons. The van der Waals surface area contributed by atoms with E-state index in [-0.39, 0.29) is 36.1 Å². The quantitative estimate of drug-likeness (QED) is 0.759. The molecule has 3 rings (SSSR count). The maximum Gasteiger partial charge on any atom is 0.293 e. The number of aliphatic hydroxyl groups is 1. The van der Waals surface area contributed by atoms with Crippen LogP contribution in [0, 0.1) is 0 Å². The molecule has 0 radical (unpaired) electrons. The summed E-state index contributed by atoms with van der Waals surface area (Å²) >= 11 is 2.47. The SMILES string of the molecule is O=C(CCN1C(=O)S/C(=C/c2ccccc2)C1=O)NC1CSCC1O. The number of thioether (sulfide) groups is 2. The lowest BCUT2D eigenvalue weighted by Gasteiger charge is -2.17. The average molecular weight is 378 g/mol. The highest BCUT2D eigenvalue weighted by Crippen LogP contribution is 2.32. The van der Waals surface area contributed by atoms with Crippen molar-refractivity contribution in [2.24, 2.45) is 0 Å². The minimum atomic E-state index is -0.542. The Labute approximate surface area is 154 Å². The molecule has 25 heavy (non-hydrogen) atoms. The first-order valence-electron chi connectivity index (χ1n) is 7.90. The second-order valence-electron chi connectivity index (χ2n) is 5.77. The van der Waals surface area contributed by atoms with Gasteiger partial charge in [-0.2, -0.15) is 11.8 Å². The minimum absolute atomic E-state index is 0.0323. The van der Waals surface area contributed by atoms with Crippen molar-refractivity contribution in [1.82, 2.24) is 10.2 Å². The molecule has 2 saturated heterocycles. The largest absolute Gasteiger partial charge is 0.390 e. The molecule has 1 aromatic carbocycles. The highest BCUT2D eigenvalue weighted by atomic mass is 32.2. The summed E-state index contributed by atoms with van der Waals surface area (Å²) in [6.07, 6.45) is 1.17. The maximum absolute atomic E-state index is 12.4. The first-order valence-corrected chi connectivity index (χ1v) is 9.87. The van der Waals surface area contributed by atoms with Gasteiger partial charge in [-0.15, -0.1) is 0 Å². The van der Waals surface area contributed by atoms with Crippen molar-refractivity contribution in [3.05, 3.63) is 40.8 Å². The van der Waals surface area contributed by atoms with Crippen molar-refractivity contribution in [1.29, 1.82) is 0 Å². The zero-order chi connectivity index (χ0) is 17.8. The molecule has 2 heterocycles. The van der Waals surface area contributed by atoms with E-state index in [1.54, 1.807) is 17.8 Å².